The molecule has 0 saturated heterocycles. The van der Waals surface area contributed by atoms with E-state index in [4.69, 9.17) is 10.8 Å². The van der Waals surface area contributed by atoms with E-state index in [1.54, 1.807) is 18.2 Å². The van der Waals surface area contributed by atoms with Gasteiger partial charge in [-0.2, -0.15) is 5.10 Å². The zero-order valence-electron chi connectivity index (χ0n) is 17.4. The molecule has 0 aliphatic heterocycles. The molecule has 0 spiro atoms. The lowest BCUT2D eigenvalue weighted by molar-refractivity contribution is 0.479. The average Bonchev–Trinajstić information content (AvgIpc) is 3.44. The van der Waals surface area contributed by atoms with Crippen LogP contribution in [0.15, 0.2) is 53.7 Å². The third kappa shape index (κ3) is 4.14. The third-order valence-electron chi connectivity index (χ3n) is 5.80. The number of sulfonamides is 1. The first-order valence-electron chi connectivity index (χ1n) is 10.4. The molecule has 1 fully saturated rings. The molecule has 2 aromatic carbocycles. The number of rotatable bonds is 5. The highest BCUT2D eigenvalue weighted by Gasteiger charge is 2.25. The lowest BCUT2D eigenvalue weighted by Crippen LogP contribution is -2.14. The van der Waals surface area contributed by atoms with E-state index in [0.29, 0.717) is 22.3 Å². The summed E-state index contributed by atoms with van der Waals surface area (Å²) in [6, 6.07) is 10.7. The van der Waals surface area contributed by atoms with Crippen LogP contribution in [0, 0.1) is 9.39 Å². The number of nitrogen functional groups attached to an aromatic ring is 1. The second kappa shape index (κ2) is 8.52. The molecule has 11 heteroatoms. The maximum atomic E-state index is 15.0. The van der Waals surface area contributed by atoms with Crippen molar-refractivity contribution >= 4 is 55.2 Å². The number of hydrogen-bond acceptors (Lipinski definition) is 6. The van der Waals surface area contributed by atoms with Crippen molar-refractivity contribution in [2.24, 2.45) is 0 Å². The van der Waals surface area contributed by atoms with Crippen LogP contribution in [0.3, 0.4) is 0 Å². The van der Waals surface area contributed by atoms with Gasteiger partial charge in [-0.3, -0.25) is 4.72 Å². The number of halogens is 2. The second-order valence-corrected chi connectivity index (χ2v) is 10.9. The number of fused-ring (bicyclic) bond motifs is 1. The molecule has 1 aliphatic carbocycles. The van der Waals surface area contributed by atoms with Crippen molar-refractivity contribution in [2.45, 2.75) is 36.6 Å². The van der Waals surface area contributed by atoms with Crippen LogP contribution >= 0.6 is 22.6 Å². The Kier molecular flexibility index (Phi) is 5.69. The molecule has 3 N–H and O–H groups in total. The summed E-state index contributed by atoms with van der Waals surface area (Å²) in [5, 5.41) is 5.30. The number of nitrogens with one attached hydrogen (secondary N) is 1. The smallest absolute Gasteiger partial charge is 0.261 e. The summed E-state index contributed by atoms with van der Waals surface area (Å²) in [4.78, 5) is 8.53. The molecule has 0 atom stereocenters. The fourth-order valence-corrected chi connectivity index (χ4v) is 5.59. The zero-order valence-corrected chi connectivity index (χ0v) is 20.3. The van der Waals surface area contributed by atoms with Crippen molar-refractivity contribution in [3.05, 3.63) is 58.2 Å². The van der Waals surface area contributed by atoms with Gasteiger partial charge in [0.15, 0.2) is 5.65 Å². The first-order valence-corrected chi connectivity index (χ1v) is 13.0. The molecule has 0 unspecified atom stereocenters. The van der Waals surface area contributed by atoms with E-state index in [1.165, 1.54) is 30.6 Å². The summed E-state index contributed by atoms with van der Waals surface area (Å²) in [6.07, 6.45) is 5.62. The highest BCUT2D eigenvalue weighted by molar-refractivity contribution is 14.1. The van der Waals surface area contributed by atoms with Crippen molar-refractivity contribution < 1.29 is 12.8 Å². The molecule has 0 amide bonds. The Morgan fingerprint density at radius 2 is 1.82 bits per heavy atom. The molecular formula is C22H20FIN6O2S. The molecule has 5 rings (SSSR count). The highest BCUT2D eigenvalue weighted by Crippen LogP contribution is 2.37. The van der Waals surface area contributed by atoms with Crippen LogP contribution in [0.4, 0.5) is 15.9 Å². The van der Waals surface area contributed by atoms with Gasteiger partial charge >= 0.3 is 0 Å². The highest BCUT2D eigenvalue weighted by atomic mass is 127. The van der Waals surface area contributed by atoms with Gasteiger partial charge in [0.2, 0.25) is 0 Å². The minimum absolute atomic E-state index is 0.0533. The minimum atomic E-state index is -3.93. The molecule has 1 saturated carbocycles. The summed E-state index contributed by atoms with van der Waals surface area (Å²) >= 11 is 2.08. The van der Waals surface area contributed by atoms with E-state index in [1.807, 2.05) is 4.68 Å². The van der Waals surface area contributed by atoms with Gasteiger partial charge in [0.25, 0.3) is 10.0 Å². The lowest BCUT2D eigenvalue weighted by Gasteiger charge is -2.10. The van der Waals surface area contributed by atoms with Crippen LogP contribution in [0.5, 0.6) is 0 Å². The van der Waals surface area contributed by atoms with Crippen molar-refractivity contribution in [2.75, 3.05) is 10.5 Å². The Balaban J connectivity index is 1.53. The molecule has 8 nitrogen and oxygen atoms in total. The summed E-state index contributed by atoms with van der Waals surface area (Å²) in [5.74, 6) is -0.455. The number of benzene rings is 2. The Bertz CT molecular complexity index is 1450. The molecule has 0 radical (unpaired) electrons. The maximum Gasteiger partial charge on any atom is 0.261 e. The normalized spacial score (nSPS) is 14.7. The molecule has 4 aromatic rings. The Morgan fingerprint density at radius 1 is 1.09 bits per heavy atom. The first-order chi connectivity index (χ1) is 15.8. The molecule has 170 valence electrons. The largest absolute Gasteiger partial charge is 0.383 e. The predicted octanol–water partition coefficient (Wildman–Crippen LogP) is 4.74. The number of nitrogens with two attached hydrogens (primary N) is 1. The number of nitrogens with zero attached hydrogens (tertiary/aromatic N) is 4. The van der Waals surface area contributed by atoms with E-state index in [9.17, 15) is 8.42 Å². The van der Waals surface area contributed by atoms with Gasteiger partial charge in [0.05, 0.1) is 22.0 Å². The SMILES string of the molecule is Nc1ncnc2c1c(-c1ccc(NS(=O)(=O)c3ccc(I)cc3)c(F)c1)nn2C1CCCC1. The van der Waals surface area contributed by atoms with Crippen molar-refractivity contribution in [3.8, 4) is 11.3 Å². The number of anilines is 2. The average molecular weight is 578 g/mol. The van der Waals surface area contributed by atoms with Crippen LogP contribution < -0.4 is 10.5 Å². The third-order valence-corrected chi connectivity index (χ3v) is 7.90. The molecule has 33 heavy (non-hydrogen) atoms. The van der Waals surface area contributed by atoms with Crippen LogP contribution in [-0.4, -0.2) is 28.2 Å². The van der Waals surface area contributed by atoms with Crippen molar-refractivity contribution in [1.29, 1.82) is 0 Å². The topological polar surface area (TPSA) is 116 Å². The summed E-state index contributed by atoms with van der Waals surface area (Å²) in [6.45, 7) is 0. The van der Waals surface area contributed by atoms with E-state index in [2.05, 4.69) is 37.3 Å². The van der Waals surface area contributed by atoms with E-state index in [0.717, 1.165) is 29.3 Å². The monoisotopic (exact) mass is 578 g/mol. The van der Waals surface area contributed by atoms with Gasteiger partial charge in [0, 0.05) is 9.13 Å². The van der Waals surface area contributed by atoms with E-state index >= 15 is 4.39 Å². The Morgan fingerprint density at radius 3 is 2.52 bits per heavy atom. The van der Waals surface area contributed by atoms with Crippen molar-refractivity contribution in [3.63, 3.8) is 0 Å². The van der Waals surface area contributed by atoms with Gasteiger partial charge in [0.1, 0.15) is 23.7 Å². The van der Waals surface area contributed by atoms with Gasteiger partial charge in [-0.15, -0.1) is 0 Å². The lowest BCUT2D eigenvalue weighted by atomic mass is 10.1. The summed E-state index contributed by atoms with van der Waals surface area (Å²) < 4.78 is 45.4. The van der Waals surface area contributed by atoms with Gasteiger partial charge < -0.3 is 5.73 Å². The Hall–Kier alpha value is -2.80. The molecule has 0 bridgehead atoms. The Labute approximate surface area is 203 Å². The van der Waals surface area contributed by atoms with Gasteiger partial charge in [-0.1, -0.05) is 18.9 Å². The summed E-state index contributed by atoms with van der Waals surface area (Å²) in [7, 11) is -3.93. The van der Waals surface area contributed by atoms with Gasteiger partial charge in [-0.05, 0) is 71.8 Å². The molecule has 2 aromatic heterocycles. The fraction of sp³-hybridized carbons (Fsp3) is 0.227. The molecular weight excluding hydrogens is 558 g/mol. The van der Waals surface area contributed by atoms with Crippen LogP contribution in [0.2, 0.25) is 0 Å². The molecule has 1 aliphatic rings. The number of aromatic nitrogens is 4. The fourth-order valence-electron chi connectivity index (χ4n) is 4.16. The van der Waals surface area contributed by atoms with Crippen LogP contribution in [0.25, 0.3) is 22.3 Å². The van der Waals surface area contributed by atoms with Crippen molar-refractivity contribution in [1.82, 2.24) is 19.7 Å². The van der Waals surface area contributed by atoms with Crippen LogP contribution in [-0.2, 0) is 10.0 Å². The van der Waals surface area contributed by atoms with E-state index < -0.39 is 15.8 Å². The van der Waals surface area contributed by atoms with Crippen LogP contribution in [0.1, 0.15) is 31.7 Å². The van der Waals surface area contributed by atoms with E-state index in [-0.39, 0.29) is 22.4 Å². The van der Waals surface area contributed by atoms with Gasteiger partial charge in [-0.25, -0.2) is 27.5 Å². The number of hydrogen-bond donors (Lipinski definition) is 2. The molecule has 2 heterocycles. The zero-order chi connectivity index (χ0) is 23.2. The maximum absolute atomic E-state index is 15.0. The predicted molar refractivity (Wildman–Crippen MR) is 133 cm³/mol. The summed E-state index contributed by atoms with van der Waals surface area (Å²) in [5.41, 5.74) is 7.55. The second-order valence-electron chi connectivity index (χ2n) is 7.94. The minimum Gasteiger partial charge on any atom is -0.383 e. The first kappa shape index (κ1) is 22.0. The quantitative estimate of drug-likeness (QED) is 0.331. The standard InChI is InChI=1S/C22H20FIN6O2S/c23-17-11-13(5-10-18(17)29-33(31,32)16-8-6-14(24)7-9-16)20-19-21(25)26-12-27-22(19)30(28-20)15-3-1-2-4-15/h5-12,15,29H,1-4H2,(H2,25,26,27).